The molecule has 1 amide bonds. The van der Waals surface area contributed by atoms with E-state index in [-0.39, 0.29) is 28.9 Å². The lowest BCUT2D eigenvalue weighted by molar-refractivity contribution is -0.384. The van der Waals surface area contributed by atoms with Crippen molar-refractivity contribution in [2.45, 2.75) is 12.8 Å². The van der Waals surface area contributed by atoms with Gasteiger partial charge in [0.1, 0.15) is 5.75 Å². The molecule has 7 heteroatoms. The van der Waals surface area contributed by atoms with Crippen LogP contribution in [0, 0.1) is 16.0 Å². The summed E-state index contributed by atoms with van der Waals surface area (Å²) in [5, 5.41) is 11.0. The van der Waals surface area contributed by atoms with Crippen LogP contribution in [0.3, 0.4) is 0 Å². The second-order valence-corrected chi connectivity index (χ2v) is 6.44. The molecule has 1 aliphatic heterocycles. The molecule has 1 heterocycles. The molecule has 0 atom stereocenters. The smallest absolute Gasteiger partial charge is 0.270 e. The van der Waals surface area contributed by atoms with Crippen molar-refractivity contribution < 1.29 is 19.2 Å². The molecule has 2 aromatic rings. The van der Waals surface area contributed by atoms with Crippen molar-refractivity contribution in [1.29, 1.82) is 0 Å². The molecule has 0 aliphatic carbocycles. The Morgan fingerprint density at radius 3 is 2.37 bits per heavy atom. The molecule has 0 unspecified atom stereocenters. The number of likely N-dealkylation sites (tertiary alicyclic amines) is 1. The molecule has 0 bridgehead atoms. The Kier molecular flexibility index (Phi) is 5.49. The molecule has 0 aromatic heterocycles. The predicted octanol–water partition coefficient (Wildman–Crippen LogP) is 3.34. The molecule has 7 nitrogen and oxygen atoms in total. The van der Waals surface area contributed by atoms with Crippen LogP contribution in [0.1, 0.15) is 33.6 Å². The number of methoxy groups -OCH3 is 1. The maximum absolute atomic E-state index is 12.8. The number of ether oxygens (including phenoxy) is 1. The summed E-state index contributed by atoms with van der Waals surface area (Å²) in [6.45, 7) is 0.849. The van der Waals surface area contributed by atoms with E-state index in [0.29, 0.717) is 37.2 Å². The molecular formula is C20H20N2O5. The maximum Gasteiger partial charge on any atom is 0.270 e. The Balaban J connectivity index is 1.71. The zero-order chi connectivity index (χ0) is 19.4. The lowest BCUT2D eigenvalue weighted by Gasteiger charge is -2.31. The number of rotatable bonds is 5. The second-order valence-electron chi connectivity index (χ2n) is 6.44. The number of nitro benzene ring substituents is 1. The number of hydrogen-bond acceptors (Lipinski definition) is 5. The number of benzene rings is 2. The Hall–Kier alpha value is -3.22. The van der Waals surface area contributed by atoms with E-state index in [2.05, 4.69) is 0 Å². The summed E-state index contributed by atoms with van der Waals surface area (Å²) in [4.78, 5) is 37.5. The van der Waals surface area contributed by atoms with Gasteiger partial charge in [-0.1, -0.05) is 30.3 Å². The van der Waals surface area contributed by atoms with Crippen molar-refractivity contribution in [2.75, 3.05) is 20.2 Å². The number of amides is 1. The van der Waals surface area contributed by atoms with Crippen molar-refractivity contribution >= 4 is 17.4 Å². The summed E-state index contributed by atoms with van der Waals surface area (Å²) < 4.78 is 5.18. The van der Waals surface area contributed by atoms with E-state index in [4.69, 9.17) is 4.74 Å². The monoisotopic (exact) mass is 368 g/mol. The van der Waals surface area contributed by atoms with E-state index in [9.17, 15) is 19.7 Å². The lowest BCUT2D eigenvalue weighted by atomic mass is 9.88. The van der Waals surface area contributed by atoms with Gasteiger partial charge < -0.3 is 9.64 Å². The lowest BCUT2D eigenvalue weighted by Crippen LogP contribution is -2.40. The standard InChI is InChI=1S/C20H20N2O5/c1-27-18-8-7-16(22(25)26)13-17(18)20(24)21-11-9-15(10-12-21)19(23)14-5-3-2-4-6-14/h2-8,13,15H,9-12H2,1H3. The van der Waals surface area contributed by atoms with Crippen LogP contribution in [0.15, 0.2) is 48.5 Å². The number of carbonyl (C=O) groups excluding carboxylic acids is 2. The minimum absolute atomic E-state index is 0.0932. The predicted molar refractivity (Wildman–Crippen MR) is 99.0 cm³/mol. The topological polar surface area (TPSA) is 89.8 Å². The van der Waals surface area contributed by atoms with Crippen LogP contribution < -0.4 is 4.74 Å². The minimum atomic E-state index is -0.541. The Morgan fingerprint density at radius 1 is 1.11 bits per heavy atom. The maximum atomic E-state index is 12.8. The summed E-state index contributed by atoms with van der Waals surface area (Å²) in [5.74, 6) is -0.0478. The molecule has 3 rings (SSSR count). The summed E-state index contributed by atoms with van der Waals surface area (Å²) >= 11 is 0. The number of carbonyl (C=O) groups is 2. The zero-order valence-corrected chi connectivity index (χ0v) is 15.0. The van der Waals surface area contributed by atoms with Gasteiger partial charge in [-0.05, 0) is 18.9 Å². The zero-order valence-electron chi connectivity index (χ0n) is 15.0. The Morgan fingerprint density at radius 2 is 1.78 bits per heavy atom. The molecular weight excluding hydrogens is 348 g/mol. The SMILES string of the molecule is COc1ccc([N+](=O)[O-])cc1C(=O)N1CCC(C(=O)c2ccccc2)CC1. The first kappa shape index (κ1) is 18.6. The van der Waals surface area contributed by atoms with Crippen molar-refractivity contribution in [3.63, 3.8) is 0 Å². The molecule has 2 aromatic carbocycles. The van der Waals surface area contributed by atoms with Gasteiger partial charge in [0, 0.05) is 36.7 Å². The van der Waals surface area contributed by atoms with Gasteiger partial charge in [-0.3, -0.25) is 19.7 Å². The van der Waals surface area contributed by atoms with Crippen LogP contribution in [-0.2, 0) is 0 Å². The van der Waals surface area contributed by atoms with E-state index in [0.717, 1.165) is 0 Å². The van der Waals surface area contributed by atoms with Crippen molar-refractivity contribution in [1.82, 2.24) is 4.90 Å². The van der Waals surface area contributed by atoms with Gasteiger partial charge >= 0.3 is 0 Å². The van der Waals surface area contributed by atoms with Crippen LogP contribution in [0.4, 0.5) is 5.69 Å². The summed E-state index contributed by atoms with van der Waals surface area (Å²) in [6.07, 6.45) is 1.13. The molecule has 1 aliphatic rings. The van der Waals surface area contributed by atoms with Gasteiger partial charge in [0.05, 0.1) is 17.6 Å². The third-order valence-electron chi connectivity index (χ3n) is 4.84. The van der Waals surface area contributed by atoms with Gasteiger partial charge in [-0.15, -0.1) is 0 Å². The molecule has 1 saturated heterocycles. The fourth-order valence-electron chi connectivity index (χ4n) is 3.33. The summed E-state index contributed by atoms with van der Waals surface area (Å²) in [7, 11) is 1.42. The number of nitrogens with zero attached hydrogens (tertiary/aromatic N) is 2. The summed E-state index contributed by atoms with van der Waals surface area (Å²) in [5.41, 5.74) is 0.690. The highest BCUT2D eigenvalue weighted by Gasteiger charge is 2.30. The normalized spacial score (nSPS) is 14.6. The average Bonchev–Trinajstić information content (AvgIpc) is 2.73. The first-order chi connectivity index (χ1) is 13.0. The number of hydrogen-bond donors (Lipinski definition) is 0. The van der Waals surface area contributed by atoms with Gasteiger partial charge in [0.15, 0.2) is 5.78 Å². The molecule has 27 heavy (non-hydrogen) atoms. The highest BCUT2D eigenvalue weighted by molar-refractivity contribution is 5.99. The van der Waals surface area contributed by atoms with Gasteiger partial charge in [0.2, 0.25) is 0 Å². The van der Waals surface area contributed by atoms with Crippen LogP contribution >= 0.6 is 0 Å². The van der Waals surface area contributed by atoms with Gasteiger partial charge in [0.25, 0.3) is 11.6 Å². The minimum Gasteiger partial charge on any atom is -0.496 e. The summed E-state index contributed by atoms with van der Waals surface area (Å²) in [6, 6.07) is 13.1. The van der Waals surface area contributed by atoms with Crippen LogP contribution in [0.5, 0.6) is 5.75 Å². The quantitative estimate of drug-likeness (QED) is 0.459. The first-order valence-corrected chi connectivity index (χ1v) is 8.72. The van der Waals surface area contributed by atoms with E-state index >= 15 is 0 Å². The van der Waals surface area contributed by atoms with Crippen LogP contribution in [0.25, 0.3) is 0 Å². The average molecular weight is 368 g/mol. The number of non-ortho nitro benzene ring substituents is 1. The first-order valence-electron chi connectivity index (χ1n) is 8.72. The van der Waals surface area contributed by atoms with Gasteiger partial charge in [-0.25, -0.2) is 0 Å². The molecule has 1 fully saturated rings. The number of Topliss-reactive ketones (excluding diaryl/α,β-unsaturated/α-hetero) is 1. The van der Waals surface area contributed by atoms with Crippen molar-refractivity contribution in [3.8, 4) is 5.75 Å². The van der Waals surface area contributed by atoms with E-state index in [1.54, 1.807) is 17.0 Å². The van der Waals surface area contributed by atoms with E-state index < -0.39 is 4.92 Å². The molecule has 0 N–H and O–H groups in total. The Labute approximate surface area is 156 Å². The molecule has 0 saturated carbocycles. The fraction of sp³-hybridized carbons (Fsp3) is 0.300. The Bertz CT molecular complexity index is 858. The molecule has 0 radical (unpaired) electrons. The highest BCUT2D eigenvalue weighted by Crippen LogP contribution is 2.28. The second kappa shape index (κ2) is 7.99. The van der Waals surface area contributed by atoms with Crippen LogP contribution in [0.2, 0.25) is 0 Å². The number of ketones is 1. The van der Waals surface area contributed by atoms with Crippen LogP contribution in [-0.4, -0.2) is 41.7 Å². The largest absolute Gasteiger partial charge is 0.496 e. The third-order valence-corrected chi connectivity index (χ3v) is 4.84. The van der Waals surface area contributed by atoms with E-state index in [1.165, 1.54) is 25.3 Å². The van der Waals surface area contributed by atoms with Gasteiger partial charge in [-0.2, -0.15) is 0 Å². The van der Waals surface area contributed by atoms with E-state index in [1.807, 2.05) is 18.2 Å². The van der Waals surface area contributed by atoms with Crippen molar-refractivity contribution in [2.24, 2.45) is 5.92 Å². The number of piperidine rings is 1. The molecule has 140 valence electrons. The van der Waals surface area contributed by atoms with Crippen molar-refractivity contribution in [3.05, 3.63) is 69.8 Å². The fourth-order valence-corrected chi connectivity index (χ4v) is 3.33. The third kappa shape index (κ3) is 3.97. The number of nitro groups is 1. The molecule has 0 spiro atoms. The highest BCUT2D eigenvalue weighted by atomic mass is 16.6.